The minimum Gasteiger partial charge on any atom is -0.352 e. The summed E-state index contributed by atoms with van der Waals surface area (Å²) in [6, 6.07) is 10.1. The molecule has 2 aromatic carbocycles. The van der Waals surface area contributed by atoms with Gasteiger partial charge in [-0.15, -0.1) is 0 Å². The van der Waals surface area contributed by atoms with Gasteiger partial charge in [0, 0.05) is 19.6 Å². The predicted molar refractivity (Wildman–Crippen MR) is 104 cm³/mol. The molecule has 0 aliphatic rings. The van der Waals surface area contributed by atoms with Crippen molar-refractivity contribution in [2.24, 2.45) is 0 Å². The van der Waals surface area contributed by atoms with E-state index in [0.29, 0.717) is 12.0 Å². The van der Waals surface area contributed by atoms with Crippen molar-refractivity contribution in [3.05, 3.63) is 64.4 Å². The maximum Gasteiger partial charge on any atom is 0.252 e. The lowest BCUT2D eigenvalue weighted by molar-refractivity contribution is 0.0954. The van der Waals surface area contributed by atoms with Gasteiger partial charge in [0.2, 0.25) is 10.0 Å². The summed E-state index contributed by atoms with van der Waals surface area (Å²) in [6.07, 6.45) is 0.310. The largest absolute Gasteiger partial charge is 0.352 e. The van der Waals surface area contributed by atoms with Crippen molar-refractivity contribution in [3.8, 4) is 0 Å². The zero-order valence-corrected chi connectivity index (χ0v) is 16.9. The molecule has 0 spiro atoms. The molecule has 0 fully saturated rings. The zero-order valence-electron chi connectivity index (χ0n) is 15.4. The first-order valence-electron chi connectivity index (χ1n) is 8.43. The maximum absolute atomic E-state index is 13.6. The molecule has 0 heterocycles. The molecule has 1 amide bonds. The van der Waals surface area contributed by atoms with Gasteiger partial charge in [0.1, 0.15) is 5.82 Å². The van der Waals surface area contributed by atoms with Crippen molar-refractivity contribution in [1.82, 2.24) is 9.62 Å². The molecule has 0 radical (unpaired) electrons. The van der Waals surface area contributed by atoms with E-state index in [1.807, 2.05) is 0 Å². The average Bonchev–Trinajstić information content (AvgIpc) is 2.62. The Morgan fingerprint density at radius 2 is 1.89 bits per heavy atom. The Morgan fingerprint density at radius 1 is 1.22 bits per heavy atom. The van der Waals surface area contributed by atoms with Crippen LogP contribution in [0.3, 0.4) is 0 Å². The summed E-state index contributed by atoms with van der Waals surface area (Å²) >= 11 is 6.08. The third kappa shape index (κ3) is 5.06. The van der Waals surface area contributed by atoms with Gasteiger partial charge in [-0.1, -0.05) is 29.8 Å². The first-order chi connectivity index (χ1) is 12.6. The summed E-state index contributed by atoms with van der Waals surface area (Å²) in [5.41, 5.74) is 0.544. The van der Waals surface area contributed by atoms with Crippen molar-refractivity contribution in [3.63, 3.8) is 0 Å². The molecule has 0 unspecified atom stereocenters. The van der Waals surface area contributed by atoms with Gasteiger partial charge in [-0.2, -0.15) is 4.31 Å². The molecule has 0 atom stereocenters. The number of halogens is 2. The summed E-state index contributed by atoms with van der Waals surface area (Å²) in [7, 11) is -2.26. The fourth-order valence-corrected chi connectivity index (χ4v) is 3.99. The normalized spacial score (nSPS) is 11.8. The van der Waals surface area contributed by atoms with Crippen LogP contribution in [0.15, 0.2) is 47.4 Å². The van der Waals surface area contributed by atoms with Crippen LogP contribution in [0.4, 0.5) is 4.39 Å². The first-order valence-corrected chi connectivity index (χ1v) is 10.3. The lowest BCUT2D eigenvalue weighted by Gasteiger charge is -2.21. The third-order valence-electron chi connectivity index (χ3n) is 4.22. The van der Waals surface area contributed by atoms with Crippen LogP contribution in [0.1, 0.15) is 29.8 Å². The monoisotopic (exact) mass is 412 g/mol. The number of benzene rings is 2. The Morgan fingerprint density at radius 3 is 2.52 bits per heavy atom. The number of sulfonamides is 1. The molecule has 0 saturated carbocycles. The van der Waals surface area contributed by atoms with Gasteiger partial charge in [0.25, 0.3) is 5.91 Å². The Labute approximate surface area is 164 Å². The summed E-state index contributed by atoms with van der Waals surface area (Å²) in [5.74, 6) is -0.852. The number of carbonyl (C=O) groups is 1. The van der Waals surface area contributed by atoms with Crippen LogP contribution in [0.25, 0.3) is 0 Å². The van der Waals surface area contributed by atoms with Crippen LogP contribution >= 0.6 is 11.6 Å². The summed E-state index contributed by atoms with van der Waals surface area (Å²) < 4.78 is 40.1. The van der Waals surface area contributed by atoms with Gasteiger partial charge in [-0.25, -0.2) is 12.8 Å². The summed E-state index contributed by atoms with van der Waals surface area (Å²) in [5, 5.41) is 2.79. The Bertz CT molecular complexity index is 932. The Balaban J connectivity index is 2.16. The van der Waals surface area contributed by atoms with E-state index in [1.165, 1.54) is 35.6 Å². The van der Waals surface area contributed by atoms with Gasteiger partial charge in [0.05, 0.1) is 15.5 Å². The van der Waals surface area contributed by atoms with Crippen molar-refractivity contribution < 1.29 is 17.6 Å². The number of rotatable bonds is 7. The molecule has 8 heteroatoms. The van der Waals surface area contributed by atoms with E-state index in [2.05, 4.69) is 5.32 Å². The number of hydrogen-bond donors (Lipinski definition) is 1. The molecule has 2 rings (SSSR count). The van der Waals surface area contributed by atoms with Gasteiger partial charge in [-0.05, 0) is 50.1 Å². The molecule has 0 aromatic heterocycles. The quantitative estimate of drug-likeness (QED) is 0.757. The van der Waals surface area contributed by atoms with Gasteiger partial charge in [-0.3, -0.25) is 4.79 Å². The van der Waals surface area contributed by atoms with Crippen LogP contribution in [0.2, 0.25) is 5.02 Å². The smallest absolute Gasteiger partial charge is 0.252 e. The second-order valence-corrected chi connectivity index (χ2v) is 8.76. The van der Waals surface area contributed by atoms with Crippen LogP contribution in [-0.4, -0.2) is 38.3 Å². The van der Waals surface area contributed by atoms with E-state index in [0.717, 1.165) is 0 Å². The number of carbonyl (C=O) groups excluding carboxylic acids is 1. The van der Waals surface area contributed by atoms with Gasteiger partial charge in [0.15, 0.2) is 0 Å². The minimum absolute atomic E-state index is 0.0117. The molecule has 0 saturated heterocycles. The number of nitrogens with one attached hydrogen (secondary N) is 1. The van der Waals surface area contributed by atoms with Crippen LogP contribution in [0.5, 0.6) is 0 Å². The summed E-state index contributed by atoms with van der Waals surface area (Å²) in [4.78, 5) is 12.4. The molecular weight excluding hydrogens is 391 g/mol. The van der Waals surface area contributed by atoms with E-state index in [-0.39, 0.29) is 33.9 Å². The number of nitrogens with zero attached hydrogens (tertiary/aromatic N) is 1. The maximum atomic E-state index is 13.6. The highest BCUT2D eigenvalue weighted by atomic mass is 35.5. The third-order valence-corrected chi connectivity index (χ3v) is 6.58. The highest BCUT2D eigenvalue weighted by molar-refractivity contribution is 7.89. The molecular formula is C19H22ClFN2O3S. The lowest BCUT2D eigenvalue weighted by atomic mass is 10.1. The molecule has 2 aromatic rings. The first kappa shape index (κ1) is 21.3. The molecule has 0 bridgehead atoms. The number of hydrogen-bond acceptors (Lipinski definition) is 3. The molecule has 1 N–H and O–H groups in total. The minimum atomic E-state index is -3.74. The molecule has 0 aliphatic carbocycles. The SMILES string of the molecule is CC(C)N(C)S(=O)(=O)c1ccc(Cl)c(C(=O)NCCc2ccccc2F)c1. The second-order valence-electron chi connectivity index (χ2n) is 6.35. The fourth-order valence-electron chi connectivity index (χ4n) is 2.39. The highest BCUT2D eigenvalue weighted by Crippen LogP contribution is 2.23. The van der Waals surface area contributed by atoms with E-state index >= 15 is 0 Å². The van der Waals surface area contributed by atoms with E-state index in [9.17, 15) is 17.6 Å². The standard InChI is InChI=1S/C19H22ClFN2O3S/c1-13(2)23(3)27(25,26)15-8-9-17(20)16(12-15)19(24)22-11-10-14-6-4-5-7-18(14)21/h4-9,12-13H,10-11H2,1-3H3,(H,22,24). The number of amides is 1. The van der Waals surface area contributed by atoms with Crippen molar-refractivity contribution in [2.45, 2.75) is 31.2 Å². The van der Waals surface area contributed by atoms with E-state index < -0.39 is 15.9 Å². The Kier molecular flexibility index (Phi) is 6.97. The lowest BCUT2D eigenvalue weighted by Crippen LogP contribution is -2.33. The van der Waals surface area contributed by atoms with E-state index in [4.69, 9.17) is 11.6 Å². The van der Waals surface area contributed by atoms with Gasteiger partial charge < -0.3 is 5.32 Å². The van der Waals surface area contributed by atoms with Crippen LogP contribution in [0, 0.1) is 5.82 Å². The average molecular weight is 413 g/mol. The predicted octanol–water partition coefficient (Wildman–Crippen LogP) is 3.48. The topological polar surface area (TPSA) is 66.5 Å². The molecule has 0 aliphatic heterocycles. The molecule has 27 heavy (non-hydrogen) atoms. The van der Waals surface area contributed by atoms with Gasteiger partial charge >= 0.3 is 0 Å². The summed E-state index contributed by atoms with van der Waals surface area (Å²) in [6.45, 7) is 3.70. The molecule has 5 nitrogen and oxygen atoms in total. The Hall–Kier alpha value is -1.96. The zero-order chi connectivity index (χ0) is 20.2. The second kappa shape index (κ2) is 8.82. The van der Waals surface area contributed by atoms with Crippen LogP contribution < -0.4 is 5.32 Å². The fraction of sp³-hybridized carbons (Fsp3) is 0.316. The van der Waals surface area contributed by atoms with Crippen molar-refractivity contribution >= 4 is 27.5 Å². The molecule has 146 valence electrons. The van der Waals surface area contributed by atoms with Crippen molar-refractivity contribution in [2.75, 3.05) is 13.6 Å². The van der Waals surface area contributed by atoms with Crippen LogP contribution in [-0.2, 0) is 16.4 Å². The highest BCUT2D eigenvalue weighted by Gasteiger charge is 2.25. The van der Waals surface area contributed by atoms with Crippen molar-refractivity contribution in [1.29, 1.82) is 0 Å². The van der Waals surface area contributed by atoms with E-state index in [1.54, 1.807) is 32.0 Å².